The molecule has 0 aliphatic rings. The molecule has 0 radical (unpaired) electrons. The van der Waals surface area contributed by atoms with Gasteiger partial charge < -0.3 is 10.1 Å². The van der Waals surface area contributed by atoms with Gasteiger partial charge in [-0.05, 0) is 49.4 Å². The predicted octanol–water partition coefficient (Wildman–Crippen LogP) is 4.89. The number of ether oxygens (including phenoxy) is 1. The van der Waals surface area contributed by atoms with Gasteiger partial charge in [-0.25, -0.2) is 9.18 Å². The van der Waals surface area contributed by atoms with Crippen LogP contribution in [-0.4, -0.2) is 23.8 Å². The summed E-state index contributed by atoms with van der Waals surface area (Å²) >= 11 is 5.84. The van der Waals surface area contributed by atoms with Crippen molar-refractivity contribution in [3.63, 3.8) is 0 Å². The zero-order chi connectivity index (χ0) is 21.1. The van der Waals surface area contributed by atoms with Gasteiger partial charge in [0.05, 0.1) is 10.6 Å². The first-order valence-electron chi connectivity index (χ1n) is 8.61. The first kappa shape index (κ1) is 21.6. The average molecular weight is 406 g/mol. The van der Waals surface area contributed by atoms with Crippen LogP contribution in [0.1, 0.15) is 48.4 Å². The molecular formula is C21H21ClFNO4. The summed E-state index contributed by atoms with van der Waals surface area (Å²) in [7, 11) is 0. The maximum atomic E-state index is 13.1. The highest BCUT2D eigenvalue weighted by Crippen LogP contribution is 2.21. The number of nitrogens with one attached hydrogen (secondary N) is 1. The first-order chi connectivity index (χ1) is 13.0. The van der Waals surface area contributed by atoms with Gasteiger partial charge in [0, 0.05) is 16.7 Å². The van der Waals surface area contributed by atoms with Crippen LogP contribution in [0, 0.1) is 11.2 Å². The van der Waals surface area contributed by atoms with E-state index in [2.05, 4.69) is 5.32 Å². The lowest BCUT2D eigenvalue weighted by Crippen LogP contribution is -2.27. The highest BCUT2D eigenvalue weighted by atomic mass is 35.5. The number of esters is 1. The fourth-order valence-corrected chi connectivity index (χ4v) is 2.45. The molecule has 1 N–H and O–H groups in total. The van der Waals surface area contributed by atoms with E-state index in [9.17, 15) is 18.8 Å². The van der Waals surface area contributed by atoms with Crippen LogP contribution in [0.25, 0.3) is 0 Å². The van der Waals surface area contributed by atoms with Gasteiger partial charge in [0.15, 0.2) is 6.10 Å². The van der Waals surface area contributed by atoms with Crippen LogP contribution in [0.4, 0.5) is 10.1 Å². The van der Waals surface area contributed by atoms with Gasteiger partial charge in [-0.3, -0.25) is 9.59 Å². The third-order valence-corrected chi connectivity index (χ3v) is 4.23. The molecule has 0 saturated carbocycles. The van der Waals surface area contributed by atoms with E-state index in [4.69, 9.17) is 16.3 Å². The third-order valence-electron chi connectivity index (χ3n) is 3.91. The second-order valence-electron chi connectivity index (χ2n) is 7.32. The minimum atomic E-state index is -1.07. The van der Waals surface area contributed by atoms with Crippen LogP contribution in [0.2, 0.25) is 5.02 Å². The van der Waals surface area contributed by atoms with E-state index in [-0.39, 0.29) is 16.5 Å². The molecule has 0 heterocycles. The molecule has 2 aromatic rings. The number of ketones is 1. The highest BCUT2D eigenvalue weighted by Gasteiger charge is 2.23. The number of anilines is 1. The molecule has 0 aliphatic carbocycles. The number of rotatable bonds is 5. The van der Waals surface area contributed by atoms with Gasteiger partial charge in [-0.2, -0.15) is 0 Å². The van der Waals surface area contributed by atoms with Gasteiger partial charge in [0.2, 0.25) is 11.7 Å². The van der Waals surface area contributed by atoms with Crippen molar-refractivity contribution in [1.82, 2.24) is 0 Å². The Kier molecular flexibility index (Phi) is 6.56. The molecule has 1 unspecified atom stereocenters. The molecule has 0 fully saturated rings. The van der Waals surface area contributed by atoms with Crippen molar-refractivity contribution in [3.05, 3.63) is 64.4 Å². The molecule has 28 heavy (non-hydrogen) atoms. The molecule has 5 nitrogen and oxygen atoms in total. The molecule has 0 aromatic heterocycles. The van der Waals surface area contributed by atoms with Crippen molar-refractivity contribution < 1.29 is 23.5 Å². The summed E-state index contributed by atoms with van der Waals surface area (Å²) in [5, 5.41) is 2.67. The van der Waals surface area contributed by atoms with E-state index in [1.165, 1.54) is 25.1 Å². The predicted molar refractivity (Wildman–Crippen MR) is 105 cm³/mol. The van der Waals surface area contributed by atoms with E-state index in [1.54, 1.807) is 32.9 Å². The smallest absolute Gasteiger partial charge is 0.340 e. The summed E-state index contributed by atoms with van der Waals surface area (Å²) < 4.78 is 18.2. The second kappa shape index (κ2) is 8.52. The van der Waals surface area contributed by atoms with E-state index in [0.717, 1.165) is 12.1 Å². The molecular weight excluding hydrogens is 385 g/mol. The largest absolute Gasteiger partial charge is 0.451 e. The molecule has 1 amide bonds. The fourth-order valence-electron chi connectivity index (χ4n) is 2.20. The third kappa shape index (κ3) is 5.39. The van der Waals surface area contributed by atoms with Crippen LogP contribution in [0.3, 0.4) is 0 Å². The molecule has 0 aliphatic heterocycles. The van der Waals surface area contributed by atoms with Crippen molar-refractivity contribution >= 4 is 34.9 Å². The van der Waals surface area contributed by atoms with Crippen LogP contribution in [0.15, 0.2) is 42.5 Å². The topological polar surface area (TPSA) is 72.5 Å². The molecule has 2 aromatic carbocycles. The summed E-state index contributed by atoms with van der Waals surface area (Å²) in [6, 6.07) is 9.55. The molecule has 7 heteroatoms. The summed E-state index contributed by atoms with van der Waals surface area (Å²) in [5.74, 6) is -1.96. The standard InChI is InChI=1S/C21H21ClFNO4/c1-12(28-19(26)16-10-7-14(23)11-17(16)22)18(25)13-5-8-15(9-6-13)24-20(27)21(2,3)4/h5-12H,1-4H3,(H,24,27). The molecule has 1 atom stereocenters. The van der Waals surface area contributed by atoms with Gasteiger partial charge in [-0.1, -0.05) is 32.4 Å². The van der Waals surface area contributed by atoms with Crippen LogP contribution in [0.5, 0.6) is 0 Å². The Morgan fingerprint density at radius 1 is 1.07 bits per heavy atom. The Hall–Kier alpha value is -2.73. The maximum Gasteiger partial charge on any atom is 0.340 e. The van der Waals surface area contributed by atoms with Crippen LogP contribution >= 0.6 is 11.6 Å². The zero-order valence-electron chi connectivity index (χ0n) is 16.0. The number of hydrogen-bond acceptors (Lipinski definition) is 4. The fraction of sp³-hybridized carbons (Fsp3) is 0.286. The molecule has 148 valence electrons. The molecule has 0 saturated heterocycles. The molecule has 2 rings (SSSR count). The number of halogens is 2. The van der Waals surface area contributed by atoms with Crippen LogP contribution in [-0.2, 0) is 9.53 Å². The summed E-state index contributed by atoms with van der Waals surface area (Å²) in [5.41, 5.74) is 0.306. The summed E-state index contributed by atoms with van der Waals surface area (Å²) in [6.07, 6.45) is -1.07. The van der Waals surface area contributed by atoms with Crippen molar-refractivity contribution in [2.24, 2.45) is 5.41 Å². The van der Waals surface area contributed by atoms with E-state index < -0.39 is 29.1 Å². The SMILES string of the molecule is CC(OC(=O)c1ccc(F)cc1Cl)C(=O)c1ccc(NC(=O)C(C)(C)C)cc1. The number of carbonyl (C=O) groups is 3. The molecule has 0 bridgehead atoms. The van der Waals surface area contributed by atoms with Crippen molar-refractivity contribution in [3.8, 4) is 0 Å². The van der Waals surface area contributed by atoms with Crippen molar-refractivity contribution in [1.29, 1.82) is 0 Å². The normalized spacial score (nSPS) is 12.2. The Bertz CT molecular complexity index is 904. The zero-order valence-corrected chi connectivity index (χ0v) is 16.8. The lowest BCUT2D eigenvalue weighted by atomic mass is 9.95. The molecule has 0 spiro atoms. The Morgan fingerprint density at radius 2 is 1.68 bits per heavy atom. The minimum absolute atomic E-state index is 0.0250. The average Bonchev–Trinajstić information content (AvgIpc) is 2.60. The number of carbonyl (C=O) groups excluding carboxylic acids is 3. The quantitative estimate of drug-likeness (QED) is 0.567. The van der Waals surface area contributed by atoms with E-state index in [0.29, 0.717) is 11.3 Å². The lowest BCUT2D eigenvalue weighted by Gasteiger charge is -2.18. The van der Waals surface area contributed by atoms with Gasteiger partial charge in [-0.15, -0.1) is 0 Å². The Balaban J connectivity index is 2.04. The Labute approximate surface area is 167 Å². The number of hydrogen-bond donors (Lipinski definition) is 1. The van der Waals surface area contributed by atoms with E-state index >= 15 is 0 Å². The van der Waals surface area contributed by atoms with Crippen molar-refractivity contribution in [2.75, 3.05) is 5.32 Å². The van der Waals surface area contributed by atoms with Gasteiger partial charge in [0.25, 0.3) is 0 Å². The second-order valence-corrected chi connectivity index (χ2v) is 7.72. The number of Topliss-reactive ketones (excluding diaryl/α,β-unsaturated/α-hetero) is 1. The first-order valence-corrected chi connectivity index (χ1v) is 8.98. The lowest BCUT2D eigenvalue weighted by molar-refractivity contribution is -0.123. The minimum Gasteiger partial charge on any atom is -0.451 e. The maximum absolute atomic E-state index is 13.1. The summed E-state index contributed by atoms with van der Waals surface area (Å²) in [6.45, 7) is 6.82. The highest BCUT2D eigenvalue weighted by molar-refractivity contribution is 6.33. The van der Waals surface area contributed by atoms with Crippen LogP contribution < -0.4 is 5.32 Å². The van der Waals surface area contributed by atoms with Gasteiger partial charge >= 0.3 is 5.97 Å². The summed E-state index contributed by atoms with van der Waals surface area (Å²) in [4.78, 5) is 36.6. The number of benzene rings is 2. The Morgan fingerprint density at radius 3 is 2.21 bits per heavy atom. The monoisotopic (exact) mass is 405 g/mol. The van der Waals surface area contributed by atoms with Crippen molar-refractivity contribution in [2.45, 2.75) is 33.8 Å². The van der Waals surface area contributed by atoms with E-state index in [1.807, 2.05) is 0 Å². The number of amides is 1. The van der Waals surface area contributed by atoms with Gasteiger partial charge in [0.1, 0.15) is 5.82 Å².